The first kappa shape index (κ1) is 22.7. The Morgan fingerprint density at radius 3 is 2.74 bits per heavy atom. The van der Waals surface area contributed by atoms with Crippen molar-refractivity contribution in [1.29, 1.82) is 0 Å². The SMILES string of the molecule is COc1c(/C(C)=C/C(=O)N2CCN(Cc3cccnc3)CC2)cc2c3c(oc2c1C)CCCC3. The number of methoxy groups -OCH3 is 1. The summed E-state index contributed by atoms with van der Waals surface area (Å²) < 4.78 is 12.0. The number of fused-ring (bicyclic) bond motifs is 3. The molecule has 2 aromatic heterocycles. The number of aromatic nitrogens is 1. The minimum Gasteiger partial charge on any atom is -0.496 e. The van der Waals surface area contributed by atoms with Gasteiger partial charge >= 0.3 is 0 Å². The number of carbonyl (C=O) groups excluding carboxylic acids is 1. The molecular weight excluding hydrogens is 426 g/mol. The van der Waals surface area contributed by atoms with Gasteiger partial charge in [0, 0.05) is 79.7 Å². The number of amides is 1. The fraction of sp³-hybridized carbons (Fsp3) is 0.429. The van der Waals surface area contributed by atoms with Crippen LogP contribution in [0.4, 0.5) is 0 Å². The molecule has 1 amide bonds. The van der Waals surface area contributed by atoms with Crippen molar-refractivity contribution in [3.05, 3.63) is 64.7 Å². The number of nitrogens with zero attached hydrogens (tertiary/aromatic N) is 3. The second-order valence-corrected chi connectivity index (χ2v) is 9.46. The molecule has 3 heterocycles. The zero-order valence-corrected chi connectivity index (χ0v) is 20.4. The lowest BCUT2D eigenvalue weighted by Crippen LogP contribution is -2.47. The molecule has 34 heavy (non-hydrogen) atoms. The van der Waals surface area contributed by atoms with E-state index in [1.807, 2.05) is 24.1 Å². The second kappa shape index (κ2) is 9.63. The molecule has 1 fully saturated rings. The van der Waals surface area contributed by atoms with Gasteiger partial charge in [0.05, 0.1) is 7.11 Å². The van der Waals surface area contributed by atoms with E-state index in [1.165, 1.54) is 29.4 Å². The Morgan fingerprint density at radius 1 is 1.21 bits per heavy atom. The van der Waals surface area contributed by atoms with Crippen LogP contribution in [0.15, 0.2) is 41.1 Å². The maximum Gasteiger partial charge on any atom is 0.246 e. The van der Waals surface area contributed by atoms with Crippen LogP contribution < -0.4 is 4.74 Å². The molecule has 0 spiro atoms. The monoisotopic (exact) mass is 459 g/mol. The Morgan fingerprint density at radius 2 is 2.00 bits per heavy atom. The lowest BCUT2D eigenvalue weighted by molar-refractivity contribution is -0.127. The molecule has 6 heteroatoms. The number of allylic oxidation sites excluding steroid dienone is 1. The van der Waals surface area contributed by atoms with Crippen LogP contribution in [-0.4, -0.2) is 54.0 Å². The molecule has 0 atom stereocenters. The van der Waals surface area contributed by atoms with Crippen molar-refractivity contribution in [2.45, 2.75) is 46.1 Å². The summed E-state index contributed by atoms with van der Waals surface area (Å²) in [5, 5.41) is 1.17. The number of ether oxygens (including phenoxy) is 1. The zero-order chi connectivity index (χ0) is 23.7. The Labute approximate surface area is 201 Å². The molecule has 3 aromatic rings. The number of carbonyl (C=O) groups is 1. The highest BCUT2D eigenvalue weighted by molar-refractivity contribution is 5.98. The van der Waals surface area contributed by atoms with Crippen LogP contribution >= 0.6 is 0 Å². The summed E-state index contributed by atoms with van der Waals surface area (Å²) in [5.74, 6) is 1.97. The van der Waals surface area contributed by atoms with Crippen LogP contribution in [-0.2, 0) is 24.2 Å². The highest BCUT2D eigenvalue weighted by Crippen LogP contribution is 2.41. The van der Waals surface area contributed by atoms with E-state index in [0.717, 1.165) is 79.4 Å². The molecule has 0 unspecified atom stereocenters. The summed E-state index contributed by atoms with van der Waals surface area (Å²) in [6.45, 7) is 8.12. The van der Waals surface area contributed by atoms with Gasteiger partial charge in [-0.15, -0.1) is 0 Å². The summed E-state index contributed by atoms with van der Waals surface area (Å²) >= 11 is 0. The van der Waals surface area contributed by atoms with E-state index in [1.54, 1.807) is 19.4 Å². The summed E-state index contributed by atoms with van der Waals surface area (Å²) in [6, 6.07) is 6.23. The summed E-state index contributed by atoms with van der Waals surface area (Å²) in [6.07, 6.45) is 9.91. The van der Waals surface area contributed by atoms with Crippen molar-refractivity contribution >= 4 is 22.4 Å². The van der Waals surface area contributed by atoms with Crippen molar-refractivity contribution in [1.82, 2.24) is 14.8 Å². The third-order valence-corrected chi connectivity index (χ3v) is 7.21. The zero-order valence-electron chi connectivity index (χ0n) is 20.4. The van der Waals surface area contributed by atoms with Crippen molar-refractivity contribution in [2.75, 3.05) is 33.3 Å². The van der Waals surface area contributed by atoms with E-state index in [0.29, 0.717) is 0 Å². The molecular formula is C28H33N3O3. The maximum atomic E-state index is 13.1. The van der Waals surface area contributed by atoms with Crippen LogP contribution in [0.5, 0.6) is 5.75 Å². The normalized spacial score (nSPS) is 17.1. The predicted octanol–water partition coefficient (Wildman–Crippen LogP) is 4.77. The van der Waals surface area contributed by atoms with E-state index in [-0.39, 0.29) is 5.91 Å². The predicted molar refractivity (Wildman–Crippen MR) is 134 cm³/mol. The van der Waals surface area contributed by atoms with E-state index >= 15 is 0 Å². The van der Waals surface area contributed by atoms with Gasteiger partial charge in [0.2, 0.25) is 5.91 Å². The van der Waals surface area contributed by atoms with Crippen LogP contribution in [0, 0.1) is 6.92 Å². The van der Waals surface area contributed by atoms with Gasteiger partial charge in [0.1, 0.15) is 17.1 Å². The Bertz CT molecular complexity index is 1220. The quantitative estimate of drug-likeness (QED) is 0.515. The topological polar surface area (TPSA) is 58.8 Å². The average molecular weight is 460 g/mol. The largest absolute Gasteiger partial charge is 0.496 e. The van der Waals surface area contributed by atoms with Gasteiger partial charge in [-0.05, 0) is 56.4 Å². The van der Waals surface area contributed by atoms with Crippen molar-refractivity contribution in [3.8, 4) is 5.75 Å². The fourth-order valence-electron chi connectivity index (χ4n) is 5.32. The lowest BCUT2D eigenvalue weighted by Gasteiger charge is -2.34. The third kappa shape index (κ3) is 4.34. The van der Waals surface area contributed by atoms with Crippen LogP contribution in [0.2, 0.25) is 0 Å². The van der Waals surface area contributed by atoms with Crippen LogP contribution in [0.25, 0.3) is 16.5 Å². The molecule has 1 aliphatic carbocycles. The van der Waals surface area contributed by atoms with Gasteiger partial charge in [-0.25, -0.2) is 0 Å². The van der Waals surface area contributed by atoms with E-state index in [4.69, 9.17) is 9.15 Å². The highest BCUT2D eigenvalue weighted by Gasteiger charge is 2.24. The molecule has 0 bridgehead atoms. The number of hydrogen-bond donors (Lipinski definition) is 0. The number of pyridine rings is 1. The van der Waals surface area contributed by atoms with Gasteiger partial charge < -0.3 is 14.1 Å². The summed E-state index contributed by atoms with van der Waals surface area (Å²) in [7, 11) is 1.69. The van der Waals surface area contributed by atoms with Crippen LogP contribution in [0.3, 0.4) is 0 Å². The Kier molecular flexibility index (Phi) is 6.42. The molecule has 1 aliphatic heterocycles. The maximum absolute atomic E-state index is 13.1. The minimum absolute atomic E-state index is 0.0625. The molecule has 6 nitrogen and oxygen atoms in total. The molecule has 0 N–H and O–H groups in total. The van der Waals surface area contributed by atoms with Gasteiger partial charge in [-0.1, -0.05) is 6.07 Å². The van der Waals surface area contributed by atoms with Crippen molar-refractivity contribution in [3.63, 3.8) is 0 Å². The van der Waals surface area contributed by atoms with Crippen molar-refractivity contribution < 1.29 is 13.9 Å². The van der Waals surface area contributed by atoms with E-state index < -0.39 is 0 Å². The second-order valence-electron chi connectivity index (χ2n) is 9.46. The molecule has 2 aliphatic rings. The number of furan rings is 1. The highest BCUT2D eigenvalue weighted by atomic mass is 16.5. The Hall–Kier alpha value is -3.12. The van der Waals surface area contributed by atoms with Gasteiger partial charge in [-0.2, -0.15) is 0 Å². The Balaban J connectivity index is 1.34. The molecule has 5 rings (SSSR count). The lowest BCUT2D eigenvalue weighted by atomic mass is 9.93. The van der Waals surface area contributed by atoms with Gasteiger partial charge in [0.15, 0.2) is 0 Å². The summed E-state index contributed by atoms with van der Waals surface area (Å²) in [5.41, 5.74) is 6.38. The molecule has 178 valence electrons. The number of hydrogen-bond acceptors (Lipinski definition) is 5. The average Bonchev–Trinajstić information content (AvgIpc) is 3.24. The number of piperazine rings is 1. The molecule has 1 aromatic carbocycles. The number of rotatable bonds is 5. The third-order valence-electron chi connectivity index (χ3n) is 7.21. The first-order valence-corrected chi connectivity index (χ1v) is 12.3. The van der Waals surface area contributed by atoms with Gasteiger partial charge in [-0.3, -0.25) is 14.7 Å². The summed E-state index contributed by atoms with van der Waals surface area (Å²) in [4.78, 5) is 21.7. The smallest absolute Gasteiger partial charge is 0.246 e. The first-order chi connectivity index (χ1) is 16.5. The standard InChI is InChI=1S/C28H33N3O3/c1-19(15-26(32)31-13-11-30(12-14-31)18-21-7-6-10-29-17-21)23-16-24-22-8-4-5-9-25(22)34-28(24)20(2)27(23)33-3/h6-7,10,15-17H,4-5,8-9,11-14,18H2,1-3H3/b19-15+. The minimum atomic E-state index is 0.0625. The molecule has 0 radical (unpaired) electrons. The van der Waals surface area contributed by atoms with Crippen molar-refractivity contribution in [2.24, 2.45) is 0 Å². The van der Waals surface area contributed by atoms with Crippen LogP contribution in [0.1, 0.15) is 47.8 Å². The number of aryl methyl sites for hydroxylation is 3. The fourth-order valence-corrected chi connectivity index (χ4v) is 5.32. The van der Waals surface area contributed by atoms with Gasteiger partial charge in [0.25, 0.3) is 0 Å². The molecule has 0 saturated carbocycles. The first-order valence-electron chi connectivity index (χ1n) is 12.3. The van der Waals surface area contributed by atoms with E-state index in [2.05, 4.69) is 28.9 Å². The molecule has 1 saturated heterocycles. The number of benzene rings is 1. The van der Waals surface area contributed by atoms with E-state index in [9.17, 15) is 4.79 Å².